The Hall–Kier alpha value is -2.04. The van der Waals surface area contributed by atoms with E-state index in [0.29, 0.717) is 0 Å². The molecule has 0 aliphatic carbocycles. The summed E-state index contributed by atoms with van der Waals surface area (Å²) in [6.07, 6.45) is 0. The van der Waals surface area contributed by atoms with E-state index in [-0.39, 0.29) is 28.3 Å². The van der Waals surface area contributed by atoms with E-state index in [1.165, 1.54) is 19.1 Å². The maximum Gasteiger partial charge on any atom is 0.337 e. The number of carboxylic acid groups (broad SMARTS) is 1. The van der Waals surface area contributed by atoms with Crippen molar-refractivity contribution in [2.45, 2.75) is 6.92 Å². The molecule has 0 atom stereocenters. The minimum atomic E-state index is -1.16. The fourth-order valence-corrected chi connectivity index (χ4v) is 1.13. The molecule has 5 nitrogen and oxygen atoms in total. The number of anilines is 2. The molecule has 0 amide bonds. The van der Waals surface area contributed by atoms with E-state index in [0.717, 1.165) is 0 Å². The van der Waals surface area contributed by atoms with E-state index >= 15 is 0 Å². The molecule has 0 aliphatic heterocycles. The molecule has 0 unspecified atom stereocenters. The van der Waals surface area contributed by atoms with Gasteiger partial charge in [0.25, 0.3) is 0 Å². The van der Waals surface area contributed by atoms with Gasteiger partial charge >= 0.3 is 5.97 Å². The van der Waals surface area contributed by atoms with Gasteiger partial charge in [0, 0.05) is 5.56 Å². The van der Waals surface area contributed by atoms with Crippen molar-refractivity contribution in [3.63, 3.8) is 0 Å². The number of benzene rings is 1. The normalized spacial score (nSPS) is 9.79. The Balaban J connectivity index is 3.41. The lowest BCUT2D eigenvalue weighted by Gasteiger charge is -2.07. The van der Waals surface area contributed by atoms with Gasteiger partial charge in [-0.3, -0.25) is 4.79 Å². The van der Waals surface area contributed by atoms with Crippen LogP contribution in [0.15, 0.2) is 12.1 Å². The maximum absolute atomic E-state index is 11.0. The predicted octanol–water partition coefficient (Wildman–Crippen LogP) is 0.752. The minimum Gasteiger partial charge on any atom is -0.478 e. The summed E-state index contributed by atoms with van der Waals surface area (Å²) in [6, 6.07) is 2.63. The van der Waals surface area contributed by atoms with Crippen molar-refractivity contribution in [1.82, 2.24) is 0 Å². The summed E-state index contributed by atoms with van der Waals surface area (Å²) in [7, 11) is 0. The van der Waals surface area contributed by atoms with Crippen LogP contribution < -0.4 is 11.5 Å². The molecule has 0 saturated heterocycles. The number of aromatic carboxylic acids is 1. The maximum atomic E-state index is 11.0. The van der Waals surface area contributed by atoms with E-state index in [2.05, 4.69) is 0 Å². The molecule has 14 heavy (non-hydrogen) atoms. The smallest absolute Gasteiger partial charge is 0.337 e. The largest absolute Gasteiger partial charge is 0.478 e. The summed E-state index contributed by atoms with van der Waals surface area (Å²) >= 11 is 0. The Morgan fingerprint density at radius 3 is 2.00 bits per heavy atom. The first-order valence-corrected chi connectivity index (χ1v) is 3.87. The molecule has 5 heteroatoms. The van der Waals surface area contributed by atoms with Crippen LogP contribution in [0.3, 0.4) is 0 Å². The number of rotatable bonds is 2. The first-order chi connectivity index (χ1) is 6.45. The zero-order valence-corrected chi connectivity index (χ0v) is 7.57. The Bertz CT molecular complexity index is 374. The molecule has 5 N–H and O–H groups in total. The molecule has 1 aromatic rings. The average molecular weight is 194 g/mol. The Morgan fingerprint density at radius 2 is 1.57 bits per heavy atom. The van der Waals surface area contributed by atoms with Crippen molar-refractivity contribution in [2.24, 2.45) is 0 Å². The van der Waals surface area contributed by atoms with Crippen LogP contribution in [0.5, 0.6) is 0 Å². The molecule has 1 rings (SSSR count). The first-order valence-electron chi connectivity index (χ1n) is 3.87. The second-order valence-electron chi connectivity index (χ2n) is 2.85. The average Bonchev–Trinajstić information content (AvgIpc) is 2.08. The molecule has 0 heterocycles. The highest BCUT2D eigenvalue weighted by molar-refractivity contribution is 6.06. The van der Waals surface area contributed by atoms with Crippen LogP contribution in [0.2, 0.25) is 0 Å². The van der Waals surface area contributed by atoms with Crippen molar-refractivity contribution in [1.29, 1.82) is 0 Å². The summed E-state index contributed by atoms with van der Waals surface area (Å²) in [5.41, 5.74) is 11.1. The molecular formula is C9H10N2O3. The van der Waals surface area contributed by atoms with Gasteiger partial charge in [-0.05, 0) is 19.1 Å². The van der Waals surface area contributed by atoms with Crippen LogP contribution in [-0.2, 0) is 0 Å². The number of carbonyl (C=O) groups is 2. The van der Waals surface area contributed by atoms with Gasteiger partial charge in [0.15, 0.2) is 5.78 Å². The molecule has 0 fully saturated rings. The molecular weight excluding hydrogens is 184 g/mol. The first kappa shape index (κ1) is 10.0. The summed E-state index contributed by atoms with van der Waals surface area (Å²) < 4.78 is 0. The van der Waals surface area contributed by atoms with Crippen LogP contribution >= 0.6 is 0 Å². The Kier molecular flexibility index (Phi) is 2.42. The molecule has 0 aromatic heterocycles. The molecule has 0 radical (unpaired) electrons. The van der Waals surface area contributed by atoms with Gasteiger partial charge < -0.3 is 16.6 Å². The predicted molar refractivity (Wildman–Crippen MR) is 52.2 cm³/mol. The number of ketones is 1. The van der Waals surface area contributed by atoms with Gasteiger partial charge in [-0.25, -0.2) is 4.79 Å². The zero-order chi connectivity index (χ0) is 10.9. The number of nitrogens with two attached hydrogens (primary N) is 2. The molecule has 1 aromatic carbocycles. The van der Waals surface area contributed by atoms with Crippen molar-refractivity contribution in [3.05, 3.63) is 23.3 Å². The highest BCUT2D eigenvalue weighted by Crippen LogP contribution is 2.24. The number of hydrogen-bond acceptors (Lipinski definition) is 4. The van der Waals surface area contributed by atoms with E-state index < -0.39 is 5.97 Å². The van der Waals surface area contributed by atoms with E-state index in [4.69, 9.17) is 16.6 Å². The molecule has 0 saturated carbocycles. The third-order valence-electron chi connectivity index (χ3n) is 1.90. The Morgan fingerprint density at radius 1 is 1.14 bits per heavy atom. The van der Waals surface area contributed by atoms with Gasteiger partial charge in [-0.15, -0.1) is 0 Å². The fraction of sp³-hybridized carbons (Fsp3) is 0.111. The summed E-state index contributed by atoms with van der Waals surface area (Å²) in [4.78, 5) is 21.7. The van der Waals surface area contributed by atoms with Crippen LogP contribution in [-0.4, -0.2) is 16.9 Å². The topological polar surface area (TPSA) is 106 Å². The SMILES string of the molecule is CC(=O)c1ccc(C(=O)O)c(N)c1N. The third kappa shape index (κ3) is 1.52. The third-order valence-corrected chi connectivity index (χ3v) is 1.90. The summed E-state index contributed by atoms with van der Waals surface area (Å²) in [5.74, 6) is -1.41. The van der Waals surface area contributed by atoms with Gasteiger partial charge in [0.05, 0.1) is 16.9 Å². The monoisotopic (exact) mass is 194 g/mol. The van der Waals surface area contributed by atoms with Crippen molar-refractivity contribution >= 4 is 23.1 Å². The van der Waals surface area contributed by atoms with Crippen molar-refractivity contribution in [3.8, 4) is 0 Å². The second-order valence-corrected chi connectivity index (χ2v) is 2.85. The lowest BCUT2D eigenvalue weighted by molar-refractivity contribution is 0.0697. The summed E-state index contributed by atoms with van der Waals surface area (Å²) in [5, 5.41) is 8.70. The standard InChI is InChI=1S/C9H10N2O3/c1-4(12)5-2-3-6(9(13)14)8(11)7(5)10/h2-3H,10-11H2,1H3,(H,13,14). The quantitative estimate of drug-likeness (QED) is 0.475. The van der Waals surface area contributed by atoms with Crippen LogP contribution in [0.1, 0.15) is 27.6 Å². The summed E-state index contributed by atoms with van der Waals surface area (Å²) in [6.45, 7) is 1.34. The van der Waals surface area contributed by atoms with Gasteiger partial charge in [0.1, 0.15) is 0 Å². The number of nitrogen functional groups attached to an aromatic ring is 2. The van der Waals surface area contributed by atoms with E-state index in [1.54, 1.807) is 0 Å². The molecule has 0 bridgehead atoms. The Labute approximate surface area is 80.3 Å². The lowest BCUT2D eigenvalue weighted by atomic mass is 10.0. The number of carbonyl (C=O) groups excluding carboxylic acids is 1. The number of hydrogen-bond donors (Lipinski definition) is 3. The second kappa shape index (κ2) is 3.37. The molecule has 0 aliphatic rings. The van der Waals surface area contributed by atoms with E-state index in [9.17, 15) is 9.59 Å². The zero-order valence-electron chi connectivity index (χ0n) is 7.57. The van der Waals surface area contributed by atoms with Gasteiger partial charge in [0.2, 0.25) is 0 Å². The van der Waals surface area contributed by atoms with Gasteiger partial charge in [-0.2, -0.15) is 0 Å². The van der Waals surface area contributed by atoms with Crippen LogP contribution in [0.4, 0.5) is 11.4 Å². The number of Topliss-reactive ketones (excluding diaryl/α,β-unsaturated/α-hetero) is 1. The van der Waals surface area contributed by atoms with Crippen LogP contribution in [0.25, 0.3) is 0 Å². The van der Waals surface area contributed by atoms with Crippen molar-refractivity contribution in [2.75, 3.05) is 11.5 Å². The minimum absolute atomic E-state index is 0.0254. The van der Waals surface area contributed by atoms with E-state index in [1.807, 2.05) is 0 Å². The van der Waals surface area contributed by atoms with Gasteiger partial charge in [-0.1, -0.05) is 0 Å². The van der Waals surface area contributed by atoms with Crippen molar-refractivity contribution < 1.29 is 14.7 Å². The highest BCUT2D eigenvalue weighted by Gasteiger charge is 2.14. The number of carboxylic acids is 1. The fourth-order valence-electron chi connectivity index (χ4n) is 1.13. The van der Waals surface area contributed by atoms with Crippen LogP contribution in [0, 0.1) is 0 Å². The lowest BCUT2D eigenvalue weighted by Crippen LogP contribution is -2.09. The highest BCUT2D eigenvalue weighted by atomic mass is 16.4. The molecule has 74 valence electrons. The molecule has 0 spiro atoms.